The first-order valence-corrected chi connectivity index (χ1v) is 7.52. The van der Waals surface area contributed by atoms with Crippen LogP contribution in [0.25, 0.3) is 0 Å². The van der Waals surface area contributed by atoms with Crippen molar-refractivity contribution in [2.75, 3.05) is 0 Å². The summed E-state index contributed by atoms with van der Waals surface area (Å²) in [4.78, 5) is 13.1. The van der Waals surface area contributed by atoms with E-state index in [0.717, 1.165) is 14.9 Å². The van der Waals surface area contributed by atoms with Crippen molar-refractivity contribution in [1.82, 2.24) is 0 Å². The van der Waals surface area contributed by atoms with Crippen LogP contribution in [0.1, 0.15) is 21.6 Å². The van der Waals surface area contributed by atoms with Gasteiger partial charge in [0.2, 0.25) is 0 Å². The number of rotatable bonds is 4. The Bertz CT molecular complexity index is 572. The Kier molecular flexibility index (Phi) is 4.36. The predicted molar refractivity (Wildman–Crippen MR) is 80.4 cm³/mol. The van der Waals surface area contributed by atoms with Gasteiger partial charge >= 0.3 is 0 Å². The molecule has 0 bridgehead atoms. The molecule has 1 aromatic carbocycles. The van der Waals surface area contributed by atoms with Crippen LogP contribution in [-0.2, 0) is 17.6 Å². The first-order valence-electron chi connectivity index (χ1n) is 5.85. The second-order valence-electron chi connectivity index (χ2n) is 4.54. The number of benzene rings is 1. The monoisotopic (exact) mass is 322 g/mol. The van der Waals surface area contributed by atoms with Gasteiger partial charge in [0, 0.05) is 27.6 Å². The fourth-order valence-electron chi connectivity index (χ4n) is 1.84. The van der Waals surface area contributed by atoms with Gasteiger partial charge in [-0.2, -0.15) is 0 Å². The molecule has 0 spiro atoms. The predicted octanol–water partition coefficient (Wildman–Crippen LogP) is 4.48. The summed E-state index contributed by atoms with van der Waals surface area (Å²) in [7, 11) is 0. The Morgan fingerprint density at radius 2 is 1.94 bits per heavy atom. The minimum absolute atomic E-state index is 0.271. The van der Waals surface area contributed by atoms with Crippen LogP contribution in [0.2, 0.25) is 0 Å². The Hall–Kier alpha value is -0.930. The molecule has 0 unspecified atom stereocenters. The number of hydrogen-bond acceptors (Lipinski definition) is 2. The number of Topliss-reactive ketones (excluding diaryl/α,β-unsaturated/α-hetero) is 1. The molecule has 2 rings (SSSR count). The van der Waals surface area contributed by atoms with Gasteiger partial charge in [-0.15, -0.1) is 11.3 Å². The zero-order valence-electron chi connectivity index (χ0n) is 10.5. The van der Waals surface area contributed by atoms with Crippen LogP contribution in [0.5, 0.6) is 0 Å². The molecule has 1 heterocycles. The van der Waals surface area contributed by atoms with Crippen LogP contribution in [-0.4, -0.2) is 5.78 Å². The van der Waals surface area contributed by atoms with Gasteiger partial charge in [-0.05, 0) is 52.5 Å². The summed E-state index contributed by atoms with van der Waals surface area (Å²) in [6.45, 7) is 4.17. The third kappa shape index (κ3) is 3.53. The van der Waals surface area contributed by atoms with Gasteiger partial charge in [0.1, 0.15) is 5.78 Å². The van der Waals surface area contributed by atoms with Crippen LogP contribution in [0, 0.1) is 13.8 Å². The van der Waals surface area contributed by atoms with Gasteiger partial charge in [0.15, 0.2) is 0 Å². The lowest BCUT2D eigenvalue weighted by molar-refractivity contribution is -0.117. The van der Waals surface area contributed by atoms with Crippen LogP contribution < -0.4 is 0 Å². The van der Waals surface area contributed by atoms with Gasteiger partial charge in [-0.1, -0.05) is 18.2 Å². The van der Waals surface area contributed by atoms with Crippen LogP contribution >= 0.6 is 27.3 Å². The first kappa shape index (κ1) is 13.5. The largest absolute Gasteiger partial charge is 0.299 e. The summed E-state index contributed by atoms with van der Waals surface area (Å²) < 4.78 is 1.06. The van der Waals surface area contributed by atoms with E-state index in [1.807, 2.05) is 17.5 Å². The number of thiophene rings is 1. The minimum Gasteiger partial charge on any atom is -0.299 e. The van der Waals surface area contributed by atoms with E-state index in [1.54, 1.807) is 11.3 Å². The third-order valence-electron chi connectivity index (χ3n) is 2.97. The van der Waals surface area contributed by atoms with Gasteiger partial charge in [-0.25, -0.2) is 0 Å². The van der Waals surface area contributed by atoms with Gasteiger partial charge in [0.05, 0.1) is 0 Å². The Morgan fingerprint density at radius 1 is 1.17 bits per heavy atom. The van der Waals surface area contributed by atoms with Crippen LogP contribution in [0.15, 0.2) is 34.1 Å². The normalized spacial score (nSPS) is 10.6. The van der Waals surface area contributed by atoms with Crippen molar-refractivity contribution in [3.8, 4) is 0 Å². The molecule has 0 atom stereocenters. The quantitative estimate of drug-likeness (QED) is 0.811. The van der Waals surface area contributed by atoms with E-state index in [0.29, 0.717) is 12.8 Å². The standard InChI is InChI=1S/C15H15BrOS/c1-10-3-4-12(5-11(10)2)6-14(17)8-15-7-13(16)9-18-15/h3-5,7,9H,6,8H2,1-2H3. The van der Waals surface area contributed by atoms with E-state index < -0.39 is 0 Å². The van der Waals surface area contributed by atoms with Crippen LogP contribution in [0.3, 0.4) is 0 Å². The van der Waals surface area contributed by atoms with E-state index >= 15 is 0 Å². The molecular formula is C15H15BrOS. The Morgan fingerprint density at radius 3 is 2.56 bits per heavy atom. The summed E-state index contributed by atoms with van der Waals surface area (Å²) in [6, 6.07) is 8.25. The van der Waals surface area contributed by atoms with Crippen molar-refractivity contribution in [1.29, 1.82) is 0 Å². The second-order valence-corrected chi connectivity index (χ2v) is 6.45. The number of hydrogen-bond donors (Lipinski definition) is 0. The molecule has 0 N–H and O–H groups in total. The van der Waals surface area contributed by atoms with Crippen molar-refractivity contribution >= 4 is 33.0 Å². The summed E-state index contributed by atoms with van der Waals surface area (Å²) in [6.07, 6.45) is 1.06. The zero-order chi connectivity index (χ0) is 13.1. The molecule has 3 heteroatoms. The third-order valence-corrected chi connectivity index (χ3v) is 4.66. The molecule has 0 aliphatic carbocycles. The number of carbonyl (C=O) groups excluding carboxylic acids is 1. The number of halogens is 1. The first-order chi connectivity index (χ1) is 8.54. The lowest BCUT2D eigenvalue weighted by atomic mass is 10.0. The molecule has 1 aromatic heterocycles. The number of aryl methyl sites for hydroxylation is 2. The average Bonchev–Trinajstić information content (AvgIpc) is 2.69. The van der Waals surface area contributed by atoms with Crippen molar-refractivity contribution in [2.45, 2.75) is 26.7 Å². The lowest BCUT2D eigenvalue weighted by Crippen LogP contribution is -2.05. The van der Waals surface area contributed by atoms with Gasteiger partial charge in [0.25, 0.3) is 0 Å². The van der Waals surface area contributed by atoms with E-state index in [4.69, 9.17) is 0 Å². The minimum atomic E-state index is 0.271. The van der Waals surface area contributed by atoms with Crippen molar-refractivity contribution in [2.24, 2.45) is 0 Å². The molecule has 0 radical (unpaired) electrons. The maximum Gasteiger partial charge on any atom is 0.142 e. The van der Waals surface area contributed by atoms with Crippen molar-refractivity contribution < 1.29 is 4.79 Å². The number of ketones is 1. The molecule has 1 nitrogen and oxygen atoms in total. The molecule has 0 aliphatic rings. The van der Waals surface area contributed by atoms with E-state index in [9.17, 15) is 4.79 Å². The molecular weight excluding hydrogens is 308 g/mol. The Labute approximate surface area is 120 Å². The molecule has 2 aromatic rings. The summed E-state index contributed by atoms with van der Waals surface area (Å²) in [5.41, 5.74) is 3.63. The van der Waals surface area contributed by atoms with Gasteiger partial charge in [-0.3, -0.25) is 4.79 Å². The molecule has 0 saturated heterocycles. The second kappa shape index (κ2) is 5.81. The Balaban J connectivity index is 2.00. The molecule has 0 saturated carbocycles. The highest BCUT2D eigenvalue weighted by Gasteiger charge is 2.07. The fourth-order valence-corrected chi connectivity index (χ4v) is 3.32. The van der Waals surface area contributed by atoms with E-state index in [-0.39, 0.29) is 5.78 Å². The highest BCUT2D eigenvalue weighted by atomic mass is 79.9. The smallest absolute Gasteiger partial charge is 0.142 e. The molecule has 94 valence electrons. The number of carbonyl (C=O) groups is 1. The molecule has 0 fully saturated rings. The average molecular weight is 323 g/mol. The molecule has 0 amide bonds. The highest BCUT2D eigenvalue weighted by Crippen LogP contribution is 2.21. The van der Waals surface area contributed by atoms with E-state index in [2.05, 4.69) is 41.9 Å². The fraction of sp³-hybridized carbons (Fsp3) is 0.267. The lowest BCUT2D eigenvalue weighted by Gasteiger charge is -2.04. The maximum atomic E-state index is 12.0. The zero-order valence-corrected chi connectivity index (χ0v) is 12.9. The topological polar surface area (TPSA) is 17.1 Å². The van der Waals surface area contributed by atoms with Gasteiger partial charge < -0.3 is 0 Å². The summed E-state index contributed by atoms with van der Waals surface area (Å²) in [5, 5.41) is 2.01. The molecule has 0 aliphatic heterocycles. The summed E-state index contributed by atoms with van der Waals surface area (Å²) >= 11 is 5.03. The van der Waals surface area contributed by atoms with Crippen molar-refractivity contribution in [3.05, 3.63) is 55.7 Å². The molecule has 18 heavy (non-hydrogen) atoms. The van der Waals surface area contributed by atoms with Crippen LogP contribution in [0.4, 0.5) is 0 Å². The summed E-state index contributed by atoms with van der Waals surface area (Å²) in [5.74, 6) is 0.271. The highest BCUT2D eigenvalue weighted by molar-refractivity contribution is 9.10. The van der Waals surface area contributed by atoms with Crippen molar-refractivity contribution in [3.63, 3.8) is 0 Å². The van der Waals surface area contributed by atoms with E-state index in [1.165, 1.54) is 11.1 Å². The SMILES string of the molecule is Cc1ccc(CC(=O)Cc2cc(Br)cs2)cc1C. The maximum absolute atomic E-state index is 12.0.